The zero-order chi connectivity index (χ0) is 16.6. The molecule has 23 heavy (non-hydrogen) atoms. The van der Waals surface area contributed by atoms with Gasteiger partial charge in [0.2, 0.25) is 5.91 Å². The van der Waals surface area contributed by atoms with Crippen molar-refractivity contribution < 1.29 is 4.79 Å². The molecule has 1 aliphatic heterocycles. The van der Waals surface area contributed by atoms with Gasteiger partial charge in [0.15, 0.2) is 0 Å². The van der Waals surface area contributed by atoms with Gasteiger partial charge in [0.05, 0.1) is 5.52 Å². The van der Waals surface area contributed by atoms with Crippen LogP contribution in [0.25, 0.3) is 10.9 Å². The second kappa shape index (κ2) is 6.46. The number of amides is 1. The monoisotopic (exact) mass is 331 g/mol. The number of aryl methyl sites for hydroxylation is 2. The van der Waals surface area contributed by atoms with Crippen molar-refractivity contribution in [2.45, 2.75) is 33.2 Å². The summed E-state index contributed by atoms with van der Waals surface area (Å²) in [5, 5.41) is 1.70. The van der Waals surface area contributed by atoms with Gasteiger partial charge in [-0.05, 0) is 57.0 Å². The largest absolute Gasteiger partial charge is 0.369 e. The molecule has 1 aromatic carbocycles. The highest BCUT2D eigenvalue weighted by molar-refractivity contribution is 6.30. The van der Waals surface area contributed by atoms with Crippen molar-refractivity contribution >= 4 is 28.4 Å². The number of nitrogens with zero attached hydrogens (tertiary/aromatic N) is 2. The first-order chi connectivity index (χ1) is 11.0. The minimum atomic E-state index is -0.180. The van der Waals surface area contributed by atoms with E-state index in [0.29, 0.717) is 5.15 Å². The van der Waals surface area contributed by atoms with Crippen molar-refractivity contribution in [2.24, 2.45) is 11.7 Å². The van der Waals surface area contributed by atoms with E-state index >= 15 is 0 Å². The Kier molecular flexibility index (Phi) is 4.55. The van der Waals surface area contributed by atoms with Gasteiger partial charge in [-0.2, -0.15) is 0 Å². The van der Waals surface area contributed by atoms with Gasteiger partial charge in [-0.25, -0.2) is 4.98 Å². The Morgan fingerprint density at radius 2 is 2.04 bits per heavy atom. The van der Waals surface area contributed by atoms with E-state index in [9.17, 15) is 4.79 Å². The fraction of sp³-hybridized carbons (Fsp3) is 0.444. The summed E-state index contributed by atoms with van der Waals surface area (Å²) in [6.07, 6.45) is 1.65. The predicted octanol–water partition coefficient (Wildman–Crippen LogP) is 3.20. The lowest BCUT2D eigenvalue weighted by molar-refractivity contribution is -0.123. The number of pyridine rings is 1. The second-order valence-electron chi connectivity index (χ2n) is 6.47. The molecular weight excluding hydrogens is 310 g/mol. The van der Waals surface area contributed by atoms with E-state index in [0.717, 1.165) is 48.9 Å². The number of likely N-dealkylation sites (tertiary alicyclic amines) is 1. The highest BCUT2D eigenvalue weighted by Gasteiger charge is 2.23. The number of nitrogens with two attached hydrogens (primary N) is 1. The number of halogens is 1. The van der Waals surface area contributed by atoms with E-state index in [1.165, 1.54) is 11.1 Å². The maximum absolute atomic E-state index is 11.3. The van der Waals surface area contributed by atoms with Crippen molar-refractivity contribution in [3.05, 3.63) is 40.0 Å². The third-order valence-electron chi connectivity index (χ3n) is 4.92. The Bertz CT molecular complexity index is 752. The van der Waals surface area contributed by atoms with Gasteiger partial charge in [-0.3, -0.25) is 9.69 Å². The second-order valence-corrected chi connectivity index (χ2v) is 6.83. The normalized spacial score (nSPS) is 16.8. The fourth-order valence-electron chi connectivity index (χ4n) is 3.23. The van der Waals surface area contributed by atoms with E-state index in [-0.39, 0.29) is 11.8 Å². The zero-order valence-corrected chi connectivity index (χ0v) is 14.4. The Balaban J connectivity index is 1.80. The summed E-state index contributed by atoms with van der Waals surface area (Å²) in [6, 6.07) is 6.36. The SMILES string of the molecule is Cc1ccc2cc(CN3CCC(C(N)=O)CC3)c(Cl)nc2c1C. The molecule has 2 aromatic rings. The number of aromatic nitrogens is 1. The summed E-state index contributed by atoms with van der Waals surface area (Å²) < 4.78 is 0. The van der Waals surface area contributed by atoms with Crippen LogP contribution in [0.5, 0.6) is 0 Å². The summed E-state index contributed by atoms with van der Waals surface area (Å²) >= 11 is 6.41. The van der Waals surface area contributed by atoms with Crippen LogP contribution < -0.4 is 5.73 Å². The van der Waals surface area contributed by atoms with Crippen LogP contribution in [0.1, 0.15) is 29.5 Å². The number of primary amides is 1. The molecule has 0 aliphatic carbocycles. The number of piperidine rings is 1. The standard InChI is InChI=1S/C18H22ClN3O/c1-11-3-4-14-9-15(17(19)21-16(14)12(11)2)10-22-7-5-13(6-8-22)18(20)23/h3-4,9,13H,5-8,10H2,1-2H3,(H2,20,23). The van der Waals surface area contributed by atoms with Crippen molar-refractivity contribution in [3.63, 3.8) is 0 Å². The molecule has 1 aromatic heterocycles. The lowest BCUT2D eigenvalue weighted by Crippen LogP contribution is -2.38. The number of rotatable bonds is 3. The van der Waals surface area contributed by atoms with Crippen molar-refractivity contribution in [3.8, 4) is 0 Å². The molecule has 3 rings (SSSR count). The lowest BCUT2D eigenvalue weighted by Gasteiger charge is -2.30. The van der Waals surface area contributed by atoms with E-state index in [4.69, 9.17) is 17.3 Å². The summed E-state index contributed by atoms with van der Waals surface area (Å²) in [6.45, 7) is 6.67. The Labute approximate surface area is 141 Å². The van der Waals surface area contributed by atoms with Gasteiger partial charge in [0.25, 0.3) is 0 Å². The van der Waals surface area contributed by atoms with E-state index in [2.05, 4.69) is 41.9 Å². The van der Waals surface area contributed by atoms with Crippen molar-refractivity contribution in [2.75, 3.05) is 13.1 Å². The smallest absolute Gasteiger partial charge is 0.220 e. The molecule has 0 atom stereocenters. The summed E-state index contributed by atoms with van der Waals surface area (Å²) in [7, 11) is 0. The highest BCUT2D eigenvalue weighted by Crippen LogP contribution is 2.27. The molecule has 4 nitrogen and oxygen atoms in total. The average molecular weight is 332 g/mol. The molecule has 2 heterocycles. The zero-order valence-electron chi connectivity index (χ0n) is 13.6. The van der Waals surface area contributed by atoms with Crippen LogP contribution in [-0.4, -0.2) is 28.9 Å². The van der Waals surface area contributed by atoms with Crippen LogP contribution in [0.4, 0.5) is 0 Å². The quantitative estimate of drug-likeness (QED) is 0.879. The van der Waals surface area contributed by atoms with Crippen LogP contribution in [0, 0.1) is 19.8 Å². The number of carbonyl (C=O) groups is 1. The third kappa shape index (κ3) is 3.33. The number of benzene rings is 1. The van der Waals surface area contributed by atoms with Gasteiger partial charge in [-0.1, -0.05) is 23.7 Å². The first-order valence-corrected chi connectivity index (χ1v) is 8.40. The van der Waals surface area contributed by atoms with Crippen LogP contribution in [0.2, 0.25) is 5.15 Å². The molecular formula is C18H22ClN3O. The molecule has 0 spiro atoms. The van der Waals surface area contributed by atoms with Gasteiger partial charge in [-0.15, -0.1) is 0 Å². The molecule has 0 bridgehead atoms. The molecule has 1 amide bonds. The molecule has 0 saturated carbocycles. The average Bonchev–Trinajstić information content (AvgIpc) is 2.53. The molecule has 1 saturated heterocycles. The number of carbonyl (C=O) groups excluding carboxylic acids is 1. The maximum Gasteiger partial charge on any atom is 0.220 e. The summed E-state index contributed by atoms with van der Waals surface area (Å²) in [5.74, 6) is -0.164. The van der Waals surface area contributed by atoms with Gasteiger partial charge in [0.1, 0.15) is 5.15 Å². The van der Waals surface area contributed by atoms with Crippen molar-refractivity contribution in [1.82, 2.24) is 9.88 Å². The molecule has 122 valence electrons. The Morgan fingerprint density at radius 3 is 2.70 bits per heavy atom. The molecule has 0 unspecified atom stereocenters. The van der Waals surface area contributed by atoms with E-state index in [1.54, 1.807) is 0 Å². The number of hydrogen-bond acceptors (Lipinski definition) is 3. The minimum Gasteiger partial charge on any atom is -0.369 e. The molecule has 1 aliphatic rings. The first-order valence-electron chi connectivity index (χ1n) is 8.02. The topological polar surface area (TPSA) is 59.2 Å². The molecule has 5 heteroatoms. The first kappa shape index (κ1) is 16.2. The molecule has 0 radical (unpaired) electrons. The number of fused-ring (bicyclic) bond motifs is 1. The predicted molar refractivity (Wildman–Crippen MR) is 93.4 cm³/mol. The fourth-order valence-corrected chi connectivity index (χ4v) is 3.43. The van der Waals surface area contributed by atoms with Crippen molar-refractivity contribution in [1.29, 1.82) is 0 Å². The lowest BCUT2D eigenvalue weighted by atomic mass is 9.96. The van der Waals surface area contributed by atoms with E-state index < -0.39 is 0 Å². The third-order valence-corrected chi connectivity index (χ3v) is 5.25. The maximum atomic E-state index is 11.3. The van der Waals surface area contributed by atoms with Gasteiger partial charge in [0, 0.05) is 23.4 Å². The van der Waals surface area contributed by atoms with Crippen LogP contribution in [0.3, 0.4) is 0 Å². The van der Waals surface area contributed by atoms with E-state index in [1.807, 2.05) is 0 Å². The number of hydrogen-bond donors (Lipinski definition) is 1. The summed E-state index contributed by atoms with van der Waals surface area (Å²) in [4.78, 5) is 18.2. The minimum absolute atomic E-state index is 0.0158. The van der Waals surface area contributed by atoms with Gasteiger partial charge < -0.3 is 5.73 Å². The van der Waals surface area contributed by atoms with Crippen LogP contribution in [-0.2, 0) is 11.3 Å². The highest BCUT2D eigenvalue weighted by atomic mass is 35.5. The Morgan fingerprint density at radius 1 is 1.35 bits per heavy atom. The van der Waals surface area contributed by atoms with Crippen LogP contribution in [0.15, 0.2) is 18.2 Å². The van der Waals surface area contributed by atoms with Gasteiger partial charge >= 0.3 is 0 Å². The Hall–Kier alpha value is -1.65. The van der Waals surface area contributed by atoms with Crippen LogP contribution >= 0.6 is 11.6 Å². The molecule has 2 N–H and O–H groups in total. The molecule has 1 fully saturated rings. The summed E-state index contributed by atoms with van der Waals surface area (Å²) in [5.41, 5.74) is 9.81.